The number of methoxy groups -OCH3 is 1. The molecule has 12 nitrogen and oxygen atoms in total. The van der Waals surface area contributed by atoms with Crippen LogP contribution >= 0.6 is 11.6 Å². The second-order valence-corrected chi connectivity index (χ2v) is 9.50. The molecule has 1 aliphatic heterocycles. The summed E-state index contributed by atoms with van der Waals surface area (Å²) in [5, 5.41) is 20.7. The molecule has 0 saturated heterocycles. The van der Waals surface area contributed by atoms with Crippen LogP contribution in [-0.4, -0.2) is 54.3 Å². The molecule has 0 saturated carbocycles. The number of hydrazone groups is 1. The number of anilines is 1. The lowest BCUT2D eigenvalue weighted by molar-refractivity contribution is -0.127. The maximum atomic E-state index is 12.7. The Labute approximate surface area is 210 Å². The van der Waals surface area contributed by atoms with Gasteiger partial charge in [0.25, 0.3) is 21.8 Å². The van der Waals surface area contributed by atoms with Crippen LogP contribution in [0.5, 0.6) is 5.88 Å². The number of sulfonamides is 1. The van der Waals surface area contributed by atoms with Gasteiger partial charge in [-0.25, -0.2) is 8.42 Å². The molecule has 0 radical (unpaired) electrons. The van der Waals surface area contributed by atoms with Crippen molar-refractivity contribution >= 4 is 50.7 Å². The first kappa shape index (κ1) is 24.9. The Morgan fingerprint density at radius 1 is 1.06 bits per heavy atom. The molecule has 2 heterocycles. The number of benzene rings is 2. The maximum Gasteiger partial charge on any atom is 0.282 e. The van der Waals surface area contributed by atoms with Crippen molar-refractivity contribution in [1.82, 2.24) is 15.2 Å². The standard InChI is InChI=1S/C22H18ClN7O5S/c1-13-20(22(32)30(28-13)21(31)14-3-5-15(23)6-4-14)27-24-16-7-9-17(10-8-16)36(33,34)29-18-11-12-19(35-2)26-25-18/h3-12,20H,1-2H3,(H,25,29). The third kappa shape index (κ3) is 5.37. The number of rotatable bonds is 7. The van der Waals surface area contributed by atoms with Crippen molar-refractivity contribution in [2.45, 2.75) is 17.9 Å². The van der Waals surface area contributed by atoms with E-state index < -0.39 is 27.9 Å². The number of nitrogens with zero attached hydrogens (tertiary/aromatic N) is 6. The fourth-order valence-corrected chi connectivity index (χ4v) is 4.17. The van der Waals surface area contributed by atoms with Gasteiger partial charge in [-0.3, -0.25) is 14.3 Å². The Bertz CT molecular complexity index is 1460. The van der Waals surface area contributed by atoms with Crippen LogP contribution < -0.4 is 9.46 Å². The number of azo groups is 1. The molecule has 1 aromatic heterocycles. The van der Waals surface area contributed by atoms with Gasteiger partial charge in [0.15, 0.2) is 11.9 Å². The summed E-state index contributed by atoms with van der Waals surface area (Å²) in [6.45, 7) is 1.56. The number of carbonyl (C=O) groups excluding carboxylic acids is 2. The van der Waals surface area contributed by atoms with Crippen LogP contribution in [0.3, 0.4) is 0 Å². The molecule has 2 aromatic carbocycles. The van der Waals surface area contributed by atoms with Gasteiger partial charge in [-0.15, -0.1) is 10.2 Å². The first-order valence-electron chi connectivity index (χ1n) is 10.3. The summed E-state index contributed by atoms with van der Waals surface area (Å²) in [6.07, 6.45) is 0. The van der Waals surface area contributed by atoms with E-state index in [1.54, 1.807) is 6.92 Å². The fraction of sp³-hybridized carbons (Fsp3) is 0.136. The highest BCUT2D eigenvalue weighted by atomic mass is 35.5. The average molecular weight is 528 g/mol. The van der Waals surface area contributed by atoms with E-state index in [2.05, 4.69) is 30.2 Å². The zero-order chi connectivity index (χ0) is 25.9. The summed E-state index contributed by atoms with van der Waals surface area (Å²) in [5.74, 6) is -1.00. The smallest absolute Gasteiger partial charge is 0.282 e. The number of aromatic nitrogens is 2. The van der Waals surface area contributed by atoms with Gasteiger partial charge >= 0.3 is 0 Å². The summed E-state index contributed by atoms with van der Waals surface area (Å²) < 4.78 is 32.4. The Hall–Kier alpha value is -4.23. The average Bonchev–Trinajstić information content (AvgIpc) is 3.16. The lowest BCUT2D eigenvalue weighted by atomic mass is 10.2. The van der Waals surface area contributed by atoms with E-state index in [-0.39, 0.29) is 27.9 Å². The highest BCUT2D eigenvalue weighted by Gasteiger charge is 2.38. The second-order valence-electron chi connectivity index (χ2n) is 7.38. The molecule has 0 bridgehead atoms. The van der Waals surface area contributed by atoms with E-state index in [1.807, 2.05) is 0 Å². The zero-order valence-electron chi connectivity index (χ0n) is 18.9. The number of amides is 2. The van der Waals surface area contributed by atoms with Gasteiger partial charge in [0, 0.05) is 16.7 Å². The lowest BCUT2D eigenvalue weighted by Gasteiger charge is -2.10. The monoisotopic (exact) mass is 527 g/mol. The van der Waals surface area contributed by atoms with E-state index in [0.29, 0.717) is 10.7 Å². The van der Waals surface area contributed by atoms with Crippen LogP contribution in [0.4, 0.5) is 11.5 Å². The van der Waals surface area contributed by atoms with Gasteiger partial charge in [0.05, 0.1) is 23.4 Å². The highest BCUT2D eigenvalue weighted by molar-refractivity contribution is 7.92. The van der Waals surface area contributed by atoms with Gasteiger partial charge in [0.1, 0.15) is 0 Å². The third-order valence-corrected chi connectivity index (χ3v) is 6.53. The van der Waals surface area contributed by atoms with Crippen LogP contribution in [0.1, 0.15) is 17.3 Å². The van der Waals surface area contributed by atoms with E-state index in [1.165, 1.54) is 67.8 Å². The second kappa shape index (κ2) is 10.2. The summed E-state index contributed by atoms with van der Waals surface area (Å²) in [4.78, 5) is 25.3. The summed E-state index contributed by atoms with van der Waals surface area (Å²) >= 11 is 5.84. The molecular formula is C22H18ClN7O5S. The van der Waals surface area contributed by atoms with Crippen molar-refractivity contribution in [3.63, 3.8) is 0 Å². The molecule has 3 aromatic rings. The first-order chi connectivity index (χ1) is 17.2. The summed E-state index contributed by atoms with van der Waals surface area (Å²) in [5.41, 5.74) is 0.823. The van der Waals surface area contributed by atoms with Crippen molar-refractivity contribution in [1.29, 1.82) is 0 Å². The van der Waals surface area contributed by atoms with E-state index in [0.717, 1.165) is 5.01 Å². The van der Waals surface area contributed by atoms with Gasteiger partial charge in [-0.05, 0) is 61.5 Å². The lowest BCUT2D eigenvalue weighted by Crippen LogP contribution is -2.34. The molecule has 0 fully saturated rings. The minimum Gasteiger partial charge on any atom is -0.480 e. The number of carbonyl (C=O) groups is 2. The van der Waals surface area contributed by atoms with Gasteiger partial charge in [-0.1, -0.05) is 11.6 Å². The summed E-state index contributed by atoms with van der Waals surface area (Å²) in [6, 6.07) is 13.3. The Morgan fingerprint density at radius 2 is 1.75 bits per heavy atom. The minimum absolute atomic E-state index is 0.0202. The molecule has 1 atom stereocenters. The molecule has 36 heavy (non-hydrogen) atoms. The number of ether oxygens (including phenoxy) is 1. The van der Waals surface area contributed by atoms with Crippen molar-refractivity contribution in [3.8, 4) is 5.88 Å². The van der Waals surface area contributed by atoms with Crippen LogP contribution in [-0.2, 0) is 14.8 Å². The third-order valence-electron chi connectivity index (χ3n) is 4.90. The molecule has 184 valence electrons. The highest BCUT2D eigenvalue weighted by Crippen LogP contribution is 2.22. The molecule has 1 aliphatic rings. The molecule has 0 aliphatic carbocycles. The van der Waals surface area contributed by atoms with Gasteiger partial charge in [-0.2, -0.15) is 20.3 Å². The van der Waals surface area contributed by atoms with Gasteiger partial charge < -0.3 is 4.74 Å². The first-order valence-corrected chi connectivity index (χ1v) is 12.1. The van der Waals surface area contributed by atoms with E-state index in [9.17, 15) is 18.0 Å². The largest absolute Gasteiger partial charge is 0.480 e. The fourth-order valence-electron chi connectivity index (χ4n) is 3.05. The molecule has 1 N–H and O–H groups in total. The predicted octanol–water partition coefficient (Wildman–Crippen LogP) is 3.45. The summed E-state index contributed by atoms with van der Waals surface area (Å²) in [7, 11) is -2.52. The number of hydrogen-bond acceptors (Lipinski definition) is 10. The number of halogens is 1. The van der Waals surface area contributed by atoms with Gasteiger partial charge in [0.2, 0.25) is 5.88 Å². The minimum atomic E-state index is -3.93. The molecule has 14 heteroatoms. The van der Waals surface area contributed by atoms with Crippen molar-refractivity contribution < 1.29 is 22.7 Å². The number of nitrogens with one attached hydrogen (secondary N) is 1. The normalized spacial score (nSPS) is 15.8. The van der Waals surface area contributed by atoms with Crippen molar-refractivity contribution in [3.05, 3.63) is 71.2 Å². The van der Waals surface area contributed by atoms with Crippen molar-refractivity contribution in [2.24, 2.45) is 15.3 Å². The van der Waals surface area contributed by atoms with Crippen molar-refractivity contribution in [2.75, 3.05) is 11.8 Å². The SMILES string of the molecule is COc1ccc(NS(=O)(=O)c2ccc(N=NC3C(=O)N(C(=O)c4ccc(Cl)cc4)N=C3C)cc2)nn1. The number of hydrogen-bond donors (Lipinski definition) is 1. The van der Waals surface area contributed by atoms with E-state index >= 15 is 0 Å². The zero-order valence-corrected chi connectivity index (χ0v) is 20.4. The molecule has 4 rings (SSSR count). The molecule has 0 spiro atoms. The van der Waals surface area contributed by atoms with Crippen LogP contribution in [0.15, 0.2) is 80.9 Å². The molecular weight excluding hydrogens is 510 g/mol. The maximum absolute atomic E-state index is 12.7. The Balaban J connectivity index is 1.43. The molecule has 1 unspecified atom stereocenters. The quantitative estimate of drug-likeness (QED) is 0.364. The Kier molecular flexibility index (Phi) is 7.03. The molecule has 2 amide bonds. The van der Waals surface area contributed by atoms with E-state index in [4.69, 9.17) is 16.3 Å². The Morgan fingerprint density at radius 3 is 2.36 bits per heavy atom. The predicted molar refractivity (Wildman–Crippen MR) is 130 cm³/mol. The van der Waals surface area contributed by atoms with Crippen LogP contribution in [0.2, 0.25) is 5.02 Å². The van der Waals surface area contributed by atoms with Crippen LogP contribution in [0.25, 0.3) is 0 Å². The topological polar surface area (TPSA) is 156 Å². The van der Waals surface area contributed by atoms with Crippen LogP contribution in [0, 0.1) is 0 Å². The number of imide groups is 1.